The molecule has 6 nitrogen and oxygen atoms in total. The molecule has 7 heteroatoms. The van der Waals surface area contributed by atoms with Crippen LogP contribution in [0.3, 0.4) is 0 Å². The Morgan fingerprint density at radius 2 is 2.14 bits per heavy atom. The third-order valence-corrected chi connectivity index (χ3v) is 5.67. The highest BCUT2D eigenvalue weighted by Gasteiger charge is 2.38. The minimum atomic E-state index is -3.58. The molecule has 2 aromatic heterocycles. The van der Waals surface area contributed by atoms with E-state index in [0.717, 1.165) is 18.5 Å². The number of imidazole rings is 1. The van der Waals surface area contributed by atoms with Crippen molar-refractivity contribution >= 4 is 10.0 Å². The molecule has 3 heterocycles. The van der Waals surface area contributed by atoms with E-state index in [1.807, 2.05) is 18.2 Å². The number of hydrogen-bond acceptors (Lipinski definition) is 4. The summed E-state index contributed by atoms with van der Waals surface area (Å²) in [6.07, 6.45) is 4.90. The van der Waals surface area contributed by atoms with Gasteiger partial charge in [-0.3, -0.25) is 4.98 Å². The van der Waals surface area contributed by atoms with Crippen molar-refractivity contribution in [2.45, 2.75) is 30.8 Å². The predicted octanol–water partition coefficient (Wildman–Crippen LogP) is 1.65. The standard InChI is InChI=1S/C14H18N4O2S/c1-11-16-14(10-17(11)2)21(19,20)18-9-5-7-13(18)12-6-3-4-8-15-12/h3-4,6,8,10,13H,5,7,9H2,1-2H3/t13-/m1/s1. The molecular formula is C14H18N4O2S. The second-order valence-electron chi connectivity index (χ2n) is 5.27. The van der Waals surface area contributed by atoms with Crippen LogP contribution < -0.4 is 0 Å². The molecule has 2 aromatic rings. The first-order valence-corrected chi connectivity index (χ1v) is 8.37. The smallest absolute Gasteiger partial charge is 0.262 e. The van der Waals surface area contributed by atoms with E-state index in [0.29, 0.717) is 12.4 Å². The maximum Gasteiger partial charge on any atom is 0.262 e. The highest BCUT2D eigenvalue weighted by atomic mass is 32.2. The molecular weight excluding hydrogens is 288 g/mol. The Labute approximate surface area is 124 Å². The number of aromatic nitrogens is 3. The Morgan fingerprint density at radius 1 is 1.33 bits per heavy atom. The number of sulfonamides is 1. The van der Waals surface area contributed by atoms with E-state index in [1.165, 1.54) is 4.31 Å². The first kappa shape index (κ1) is 14.2. The summed E-state index contributed by atoms with van der Waals surface area (Å²) >= 11 is 0. The molecule has 112 valence electrons. The fraction of sp³-hybridized carbons (Fsp3) is 0.429. The van der Waals surface area contributed by atoms with Crippen LogP contribution in [0.2, 0.25) is 0 Å². The topological polar surface area (TPSA) is 68.1 Å². The zero-order valence-corrected chi connectivity index (χ0v) is 12.9. The maximum atomic E-state index is 12.8. The number of aryl methyl sites for hydroxylation is 2. The van der Waals surface area contributed by atoms with Gasteiger partial charge in [-0.1, -0.05) is 6.07 Å². The zero-order valence-electron chi connectivity index (χ0n) is 12.1. The highest BCUT2D eigenvalue weighted by Crippen LogP contribution is 2.35. The van der Waals surface area contributed by atoms with E-state index in [4.69, 9.17) is 0 Å². The van der Waals surface area contributed by atoms with E-state index in [1.54, 1.807) is 30.9 Å². The molecule has 1 fully saturated rings. The van der Waals surface area contributed by atoms with Crippen molar-refractivity contribution in [2.75, 3.05) is 6.54 Å². The van der Waals surface area contributed by atoms with E-state index in [2.05, 4.69) is 9.97 Å². The minimum Gasteiger partial charge on any atom is -0.337 e. The lowest BCUT2D eigenvalue weighted by molar-refractivity contribution is 0.389. The molecule has 0 aliphatic carbocycles. The summed E-state index contributed by atoms with van der Waals surface area (Å²) in [5.74, 6) is 0.683. The van der Waals surface area contributed by atoms with Crippen LogP contribution in [0.25, 0.3) is 0 Å². The lowest BCUT2D eigenvalue weighted by Gasteiger charge is -2.22. The summed E-state index contributed by atoms with van der Waals surface area (Å²) in [4.78, 5) is 8.48. The first-order chi connectivity index (χ1) is 10.00. The molecule has 1 aliphatic heterocycles. The van der Waals surface area contributed by atoms with E-state index in [9.17, 15) is 8.42 Å². The zero-order chi connectivity index (χ0) is 15.0. The second kappa shape index (κ2) is 5.23. The van der Waals surface area contributed by atoms with Crippen LogP contribution in [0.4, 0.5) is 0 Å². The molecule has 0 N–H and O–H groups in total. The Kier molecular flexibility index (Phi) is 3.54. The van der Waals surface area contributed by atoms with E-state index < -0.39 is 10.0 Å². The maximum absolute atomic E-state index is 12.8. The van der Waals surface area contributed by atoms with Crippen LogP contribution in [0.1, 0.15) is 30.4 Å². The first-order valence-electron chi connectivity index (χ1n) is 6.93. The summed E-state index contributed by atoms with van der Waals surface area (Å²) in [5, 5.41) is 0.116. The van der Waals surface area contributed by atoms with Crippen LogP contribution >= 0.6 is 0 Å². The normalized spacial score (nSPS) is 20.0. The van der Waals surface area contributed by atoms with Crippen LogP contribution in [0, 0.1) is 6.92 Å². The van der Waals surface area contributed by atoms with Gasteiger partial charge in [-0.05, 0) is 31.9 Å². The van der Waals surface area contributed by atoms with Gasteiger partial charge in [0.2, 0.25) is 0 Å². The van der Waals surface area contributed by atoms with Gasteiger partial charge < -0.3 is 4.57 Å². The van der Waals surface area contributed by atoms with Gasteiger partial charge in [-0.2, -0.15) is 4.31 Å². The Hall–Kier alpha value is -1.73. The molecule has 0 amide bonds. The lowest BCUT2D eigenvalue weighted by Crippen LogP contribution is -2.31. The van der Waals surface area contributed by atoms with Gasteiger partial charge in [0.1, 0.15) is 5.82 Å². The molecule has 1 aliphatic rings. The van der Waals surface area contributed by atoms with Crippen LogP contribution in [0.5, 0.6) is 0 Å². The van der Waals surface area contributed by atoms with Gasteiger partial charge >= 0.3 is 0 Å². The highest BCUT2D eigenvalue weighted by molar-refractivity contribution is 7.89. The van der Waals surface area contributed by atoms with Gasteiger partial charge in [0.25, 0.3) is 10.0 Å². The quantitative estimate of drug-likeness (QED) is 0.864. The minimum absolute atomic E-state index is 0.116. The Bertz CT molecular complexity index is 720. The SMILES string of the molecule is Cc1nc(S(=O)(=O)N2CCC[C@@H]2c2ccccn2)cn1C. The third kappa shape index (κ3) is 2.47. The van der Waals surface area contributed by atoms with Crippen molar-refractivity contribution in [3.05, 3.63) is 42.1 Å². The summed E-state index contributed by atoms with van der Waals surface area (Å²) in [6.45, 7) is 2.30. The van der Waals surface area contributed by atoms with E-state index in [-0.39, 0.29) is 11.1 Å². The monoisotopic (exact) mass is 306 g/mol. The fourth-order valence-electron chi connectivity index (χ4n) is 2.67. The van der Waals surface area contributed by atoms with Gasteiger partial charge in [-0.25, -0.2) is 13.4 Å². The van der Waals surface area contributed by atoms with Gasteiger partial charge in [-0.15, -0.1) is 0 Å². The molecule has 0 spiro atoms. The Balaban J connectivity index is 1.98. The fourth-order valence-corrected chi connectivity index (χ4v) is 4.36. The lowest BCUT2D eigenvalue weighted by atomic mass is 10.1. The molecule has 0 radical (unpaired) electrons. The van der Waals surface area contributed by atoms with Crippen molar-refractivity contribution in [3.8, 4) is 0 Å². The molecule has 0 bridgehead atoms. The third-order valence-electron chi connectivity index (χ3n) is 3.89. The van der Waals surface area contributed by atoms with Crippen molar-refractivity contribution in [1.82, 2.24) is 18.8 Å². The molecule has 0 saturated carbocycles. The van der Waals surface area contributed by atoms with Crippen molar-refractivity contribution in [1.29, 1.82) is 0 Å². The second-order valence-corrected chi connectivity index (χ2v) is 7.10. The molecule has 0 unspecified atom stereocenters. The number of hydrogen-bond donors (Lipinski definition) is 0. The van der Waals surface area contributed by atoms with Crippen LogP contribution in [-0.4, -0.2) is 33.8 Å². The summed E-state index contributed by atoms with van der Waals surface area (Å²) in [5.41, 5.74) is 0.797. The molecule has 3 rings (SSSR count). The van der Waals surface area contributed by atoms with Gasteiger partial charge in [0.15, 0.2) is 5.03 Å². The van der Waals surface area contributed by atoms with Crippen LogP contribution in [-0.2, 0) is 17.1 Å². The van der Waals surface area contributed by atoms with Crippen molar-refractivity contribution < 1.29 is 8.42 Å². The average molecular weight is 306 g/mol. The summed E-state index contributed by atoms with van der Waals surface area (Å²) in [6, 6.07) is 5.40. The molecule has 1 atom stereocenters. The van der Waals surface area contributed by atoms with E-state index >= 15 is 0 Å². The summed E-state index contributed by atoms with van der Waals surface area (Å²) in [7, 11) is -1.78. The number of rotatable bonds is 3. The van der Waals surface area contributed by atoms with Gasteiger partial charge in [0, 0.05) is 26.0 Å². The van der Waals surface area contributed by atoms with Crippen molar-refractivity contribution in [3.63, 3.8) is 0 Å². The predicted molar refractivity (Wildman–Crippen MR) is 78.0 cm³/mol. The Morgan fingerprint density at radius 3 is 2.76 bits per heavy atom. The largest absolute Gasteiger partial charge is 0.337 e. The molecule has 1 saturated heterocycles. The molecule has 21 heavy (non-hydrogen) atoms. The van der Waals surface area contributed by atoms with Crippen LogP contribution in [0.15, 0.2) is 35.6 Å². The molecule has 0 aromatic carbocycles. The number of nitrogens with zero attached hydrogens (tertiary/aromatic N) is 4. The van der Waals surface area contributed by atoms with Gasteiger partial charge in [0.05, 0.1) is 11.7 Å². The summed E-state index contributed by atoms with van der Waals surface area (Å²) < 4.78 is 28.9. The van der Waals surface area contributed by atoms with Crippen molar-refractivity contribution in [2.24, 2.45) is 7.05 Å². The number of pyridine rings is 1. The average Bonchev–Trinajstić information content (AvgIpc) is 3.08.